The van der Waals surface area contributed by atoms with Crippen LogP contribution in [0.5, 0.6) is 0 Å². The number of benzene rings is 3. The Bertz CT molecular complexity index is 1120. The molecule has 0 unspecified atom stereocenters. The van der Waals surface area contributed by atoms with Crippen LogP contribution in [0.4, 0.5) is 5.69 Å². The molecule has 5 heteroatoms. The van der Waals surface area contributed by atoms with Crippen LogP contribution in [0, 0.1) is 0 Å². The maximum absolute atomic E-state index is 12.7. The maximum Gasteiger partial charge on any atom is 0.255 e. The van der Waals surface area contributed by atoms with Gasteiger partial charge < -0.3 is 5.32 Å². The van der Waals surface area contributed by atoms with Gasteiger partial charge >= 0.3 is 0 Å². The lowest BCUT2D eigenvalue weighted by Crippen LogP contribution is -2.13. The van der Waals surface area contributed by atoms with E-state index >= 15 is 0 Å². The molecule has 1 aliphatic carbocycles. The monoisotopic (exact) mass is 365 g/mol. The third kappa shape index (κ3) is 3.22. The molecular formula is C21H19NO3S. The fraction of sp³-hybridized carbons (Fsp3) is 0.190. The lowest BCUT2D eigenvalue weighted by molar-refractivity contribution is 0.102. The number of sulfone groups is 1. The summed E-state index contributed by atoms with van der Waals surface area (Å²) < 4.78 is 23.0. The highest BCUT2D eigenvalue weighted by Gasteiger charge is 2.17. The zero-order chi connectivity index (χ0) is 18.3. The predicted octanol–water partition coefficient (Wildman–Crippen LogP) is 3.74. The molecule has 0 atom stereocenters. The molecular weight excluding hydrogens is 346 g/mol. The number of hydrogen-bond donors (Lipinski definition) is 1. The number of anilines is 1. The summed E-state index contributed by atoms with van der Waals surface area (Å²) in [5, 5.41) is 5.29. The van der Waals surface area contributed by atoms with Gasteiger partial charge in [-0.25, -0.2) is 8.42 Å². The number of amides is 1. The second-order valence-corrected chi connectivity index (χ2v) is 8.98. The lowest BCUT2D eigenvalue weighted by atomic mass is 10.0. The molecule has 0 fully saturated rings. The van der Waals surface area contributed by atoms with E-state index < -0.39 is 9.84 Å². The van der Waals surface area contributed by atoms with Crippen molar-refractivity contribution in [1.82, 2.24) is 0 Å². The minimum atomic E-state index is -3.14. The fourth-order valence-electron chi connectivity index (χ4n) is 3.66. The van der Waals surface area contributed by atoms with Crippen molar-refractivity contribution in [2.45, 2.75) is 18.6 Å². The highest BCUT2D eigenvalue weighted by Crippen LogP contribution is 2.35. The second kappa shape index (κ2) is 6.25. The molecule has 0 spiro atoms. The van der Waals surface area contributed by atoms with Gasteiger partial charge in [0.15, 0.2) is 9.84 Å². The lowest BCUT2D eigenvalue weighted by Gasteiger charge is -2.11. The average Bonchev–Trinajstić information content (AvgIpc) is 3.01. The Morgan fingerprint density at radius 2 is 1.73 bits per heavy atom. The van der Waals surface area contributed by atoms with Gasteiger partial charge in [0.05, 0.1) is 5.75 Å². The summed E-state index contributed by atoms with van der Waals surface area (Å²) in [6.45, 7) is 0. The zero-order valence-electron chi connectivity index (χ0n) is 14.5. The van der Waals surface area contributed by atoms with Crippen LogP contribution in [0.1, 0.15) is 27.0 Å². The van der Waals surface area contributed by atoms with Crippen molar-refractivity contribution >= 4 is 32.2 Å². The van der Waals surface area contributed by atoms with Crippen molar-refractivity contribution in [2.75, 3.05) is 11.6 Å². The normalized spacial score (nSPS) is 13.1. The first-order valence-electron chi connectivity index (χ1n) is 8.52. The molecule has 0 aliphatic heterocycles. The largest absolute Gasteiger partial charge is 0.321 e. The van der Waals surface area contributed by atoms with E-state index in [4.69, 9.17) is 0 Å². The molecule has 0 bridgehead atoms. The summed E-state index contributed by atoms with van der Waals surface area (Å²) in [5.41, 5.74) is 4.49. The van der Waals surface area contributed by atoms with E-state index in [9.17, 15) is 13.2 Å². The van der Waals surface area contributed by atoms with E-state index in [1.54, 1.807) is 24.3 Å². The second-order valence-electron chi connectivity index (χ2n) is 6.84. The Morgan fingerprint density at radius 1 is 1.00 bits per heavy atom. The first kappa shape index (κ1) is 16.8. The Labute approximate surface area is 152 Å². The number of rotatable bonds is 4. The SMILES string of the molecule is CS(=O)(=O)Cc1cccc(C(=O)Nc2ccc3c4c(cccc24)CC3)c1. The van der Waals surface area contributed by atoms with E-state index in [0.717, 1.165) is 23.9 Å². The number of nitrogens with one attached hydrogen (secondary N) is 1. The molecule has 26 heavy (non-hydrogen) atoms. The molecule has 1 aliphatic rings. The van der Waals surface area contributed by atoms with Crippen molar-refractivity contribution in [3.05, 3.63) is 76.9 Å². The van der Waals surface area contributed by atoms with Crippen LogP contribution in [0.25, 0.3) is 10.8 Å². The molecule has 1 N–H and O–H groups in total. The van der Waals surface area contributed by atoms with E-state index in [2.05, 4.69) is 17.4 Å². The fourth-order valence-corrected chi connectivity index (χ4v) is 4.44. The molecule has 0 saturated carbocycles. The Balaban J connectivity index is 1.66. The molecule has 4 nitrogen and oxygen atoms in total. The van der Waals surface area contributed by atoms with E-state index in [1.807, 2.05) is 18.2 Å². The Kier molecular flexibility index (Phi) is 4.04. The number of carbonyl (C=O) groups excluding carboxylic acids is 1. The van der Waals surface area contributed by atoms with Gasteiger partial charge in [-0.3, -0.25) is 4.79 Å². The van der Waals surface area contributed by atoms with Gasteiger partial charge in [0.25, 0.3) is 5.91 Å². The zero-order valence-corrected chi connectivity index (χ0v) is 15.3. The van der Waals surface area contributed by atoms with Crippen LogP contribution in [0.15, 0.2) is 54.6 Å². The molecule has 132 valence electrons. The maximum atomic E-state index is 12.7. The molecule has 4 rings (SSSR count). The summed E-state index contributed by atoms with van der Waals surface area (Å²) in [7, 11) is -3.14. The van der Waals surface area contributed by atoms with Crippen molar-refractivity contribution in [3.8, 4) is 0 Å². The van der Waals surface area contributed by atoms with Gasteiger partial charge in [-0.2, -0.15) is 0 Å². The van der Waals surface area contributed by atoms with Gasteiger partial charge in [0, 0.05) is 22.9 Å². The average molecular weight is 365 g/mol. The minimum absolute atomic E-state index is 0.0743. The summed E-state index contributed by atoms with van der Waals surface area (Å²) in [6, 6.07) is 17.0. The van der Waals surface area contributed by atoms with Crippen LogP contribution < -0.4 is 5.32 Å². The quantitative estimate of drug-likeness (QED) is 0.766. The first-order chi connectivity index (χ1) is 12.4. The van der Waals surface area contributed by atoms with Gasteiger partial charge in [0.1, 0.15) is 0 Å². The van der Waals surface area contributed by atoms with Crippen molar-refractivity contribution in [2.24, 2.45) is 0 Å². The number of carbonyl (C=O) groups is 1. The summed E-state index contributed by atoms with van der Waals surface area (Å²) in [6.07, 6.45) is 3.27. The molecule has 0 saturated heterocycles. The topological polar surface area (TPSA) is 63.2 Å². The van der Waals surface area contributed by atoms with Crippen LogP contribution in [-0.2, 0) is 28.4 Å². The number of aryl methyl sites for hydroxylation is 2. The van der Waals surface area contributed by atoms with Crippen LogP contribution in [0.3, 0.4) is 0 Å². The van der Waals surface area contributed by atoms with Crippen molar-refractivity contribution < 1.29 is 13.2 Å². The summed E-state index contributed by atoms with van der Waals surface area (Å²) >= 11 is 0. The standard InChI is InChI=1S/C21H19NO3S/c1-26(24,25)13-14-4-2-6-17(12-14)21(23)22-19-11-10-16-9-8-15-5-3-7-18(19)20(15)16/h2-7,10-12H,8-9,13H2,1H3,(H,22,23). The first-order valence-corrected chi connectivity index (χ1v) is 10.6. The van der Waals surface area contributed by atoms with Crippen LogP contribution >= 0.6 is 0 Å². The molecule has 1 amide bonds. The Morgan fingerprint density at radius 3 is 2.50 bits per heavy atom. The predicted molar refractivity (Wildman–Crippen MR) is 104 cm³/mol. The van der Waals surface area contributed by atoms with E-state index in [-0.39, 0.29) is 11.7 Å². The van der Waals surface area contributed by atoms with E-state index in [0.29, 0.717) is 11.1 Å². The smallest absolute Gasteiger partial charge is 0.255 e. The molecule has 3 aromatic carbocycles. The van der Waals surface area contributed by atoms with Crippen LogP contribution in [-0.4, -0.2) is 20.6 Å². The highest BCUT2D eigenvalue weighted by molar-refractivity contribution is 7.89. The van der Waals surface area contributed by atoms with Crippen molar-refractivity contribution in [3.63, 3.8) is 0 Å². The third-order valence-corrected chi connectivity index (χ3v) is 5.60. The van der Waals surface area contributed by atoms with Crippen LogP contribution in [0.2, 0.25) is 0 Å². The van der Waals surface area contributed by atoms with Gasteiger partial charge in [-0.1, -0.05) is 36.4 Å². The molecule has 3 aromatic rings. The molecule has 0 radical (unpaired) electrons. The third-order valence-electron chi connectivity index (χ3n) is 4.74. The highest BCUT2D eigenvalue weighted by atomic mass is 32.2. The number of hydrogen-bond acceptors (Lipinski definition) is 3. The van der Waals surface area contributed by atoms with Gasteiger partial charge in [0.2, 0.25) is 0 Å². The van der Waals surface area contributed by atoms with Gasteiger partial charge in [-0.15, -0.1) is 0 Å². The molecule has 0 aromatic heterocycles. The van der Waals surface area contributed by atoms with Gasteiger partial charge in [-0.05, 0) is 53.1 Å². The summed E-state index contributed by atoms with van der Waals surface area (Å²) in [4.78, 5) is 12.7. The molecule has 0 heterocycles. The minimum Gasteiger partial charge on any atom is -0.321 e. The van der Waals surface area contributed by atoms with E-state index in [1.165, 1.54) is 22.8 Å². The summed E-state index contributed by atoms with van der Waals surface area (Å²) in [5.74, 6) is -0.311. The van der Waals surface area contributed by atoms with Crippen molar-refractivity contribution in [1.29, 1.82) is 0 Å². The Hall–Kier alpha value is -2.66.